The van der Waals surface area contributed by atoms with Gasteiger partial charge in [-0.15, -0.1) is 0 Å². The quantitative estimate of drug-likeness (QED) is 0.668. The zero-order valence-electron chi connectivity index (χ0n) is 12.4. The van der Waals surface area contributed by atoms with Gasteiger partial charge in [0, 0.05) is 19.9 Å². The summed E-state index contributed by atoms with van der Waals surface area (Å²) in [6.45, 7) is 2.65. The smallest absolute Gasteiger partial charge is 0.0718 e. The summed E-state index contributed by atoms with van der Waals surface area (Å²) < 4.78 is 15.8. The molecule has 1 saturated carbocycles. The summed E-state index contributed by atoms with van der Waals surface area (Å²) in [4.78, 5) is 0. The predicted molar refractivity (Wildman–Crippen MR) is 80.0 cm³/mol. The van der Waals surface area contributed by atoms with Crippen LogP contribution in [0.15, 0.2) is 24.3 Å². The minimum atomic E-state index is 0.421. The van der Waals surface area contributed by atoms with Gasteiger partial charge >= 0.3 is 0 Å². The van der Waals surface area contributed by atoms with E-state index >= 15 is 0 Å². The van der Waals surface area contributed by atoms with Crippen LogP contribution in [0.4, 0.5) is 5.69 Å². The van der Waals surface area contributed by atoms with E-state index in [0.717, 1.165) is 18.2 Å². The third-order valence-electron chi connectivity index (χ3n) is 3.52. The minimum Gasteiger partial charge on any atom is -0.383 e. The van der Waals surface area contributed by atoms with Gasteiger partial charge in [-0.2, -0.15) is 0 Å². The van der Waals surface area contributed by atoms with Crippen molar-refractivity contribution in [3.05, 3.63) is 29.8 Å². The van der Waals surface area contributed by atoms with Crippen molar-refractivity contribution in [1.29, 1.82) is 0 Å². The van der Waals surface area contributed by atoms with Crippen LogP contribution in [0, 0.1) is 5.92 Å². The number of ether oxygens (including phenoxy) is 3. The van der Waals surface area contributed by atoms with Crippen LogP contribution < -0.4 is 5.32 Å². The molecule has 1 N–H and O–H groups in total. The topological polar surface area (TPSA) is 39.7 Å². The molecule has 112 valence electrons. The van der Waals surface area contributed by atoms with Gasteiger partial charge in [0.25, 0.3) is 0 Å². The molecule has 0 amide bonds. The fourth-order valence-corrected chi connectivity index (χ4v) is 2.27. The Bertz CT molecular complexity index is 393. The third kappa shape index (κ3) is 5.12. The summed E-state index contributed by atoms with van der Waals surface area (Å²) in [5.74, 6) is 0.761. The number of benzene rings is 1. The van der Waals surface area contributed by atoms with Gasteiger partial charge in [-0.25, -0.2) is 0 Å². The van der Waals surface area contributed by atoms with E-state index in [0.29, 0.717) is 25.9 Å². The van der Waals surface area contributed by atoms with Gasteiger partial charge in [-0.05, 0) is 36.5 Å². The maximum atomic E-state index is 5.55. The molecule has 4 heteroatoms. The molecule has 1 aliphatic rings. The Morgan fingerprint density at radius 3 is 2.75 bits per heavy atom. The number of anilines is 1. The molecule has 2 rings (SSSR count). The predicted octanol–water partition coefficient (Wildman–Crippen LogP) is 2.69. The fourth-order valence-electron chi connectivity index (χ4n) is 2.27. The molecule has 0 spiro atoms. The molecule has 0 radical (unpaired) electrons. The Kier molecular flexibility index (Phi) is 6.30. The molecule has 1 aromatic carbocycles. The summed E-state index contributed by atoms with van der Waals surface area (Å²) in [5.41, 5.74) is 2.32. The van der Waals surface area contributed by atoms with Crippen LogP contribution in [-0.2, 0) is 20.8 Å². The number of nitrogens with one attached hydrogen (secondary N) is 1. The standard InChI is InChI=1S/C16H25NO3/c1-18-8-9-20-11-13-4-3-5-15(10-13)17-16(12-19-2)14-6-7-14/h3-5,10,14,16-17H,6-9,11-12H2,1-2H3. The van der Waals surface area contributed by atoms with Gasteiger partial charge in [0.2, 0.25) is 0 Å². The van der Waals surface area contributed by atoms with Gasteiger partial charge in [0.1, 0.15) is 0 Å². The van der Waals surface area contributed by atoms with Gasteiger partial charge < -0.3 is 19.5 Å². The average molecular weight is 279 g/mol. The van der Waals surface area contributed by atoms with E-state index in [1.54, 1.807) is 14.2 Å². The van der Waals surface area contributed by atoms with Gasteiger partial charge in [0.05, 0.1) is 32.5 Å². The first kappa shape index (κ1) is 15.3. The molecular formula is C16H25NO3. The van der Waals surface area contributed by atoms with Gasteiger partial charge in [0.15, 0.2) is 0 Å². The molecule has 1 unspecified atom stereocenters. The second kappa shape index (κ2) is 8.25. The maximum Gasteiger partial charge on any atom is 0.0718 e. The van der Waals surface area contributed by atoms with Crippen molar-refractivity contribution in [3.63, 3.8) is 0 Å². The molecule has 0 aliphatic heterocycles. The van der Waals surface area contributed by atoms with Crippen molar-refractivity contribution in [2.75, 3.05) is 39.4 Å². The van der Waals surface area contributed by atoms with Crippen molar-refractivity contribution in [2.24, 2.45) is 5.92 Å². The molecule has 0 heterocycles. The number of hydrogen-bond donors (Lipinski definition) is 1. The lowest BCUT2D eigenvalue weighted by Gasteiger charge is -2.19. The second-order valence-electron chi connectivity index (χ2n) is 5.29. The number of methoxy groups -OCH3 is 2. The van der Waals surface area contributed by atoms with Crippen molar-refractivity contribution in [3.8, 4) is 0 Å². The largest absolute Gasteiger partial charge is 0.383 e. The first-order valence-electron chi connectivity index (χ1n) is 7.24. The van der Waals surface area contributed by atoms with E-state index in [1.807, 2.05) is 0 Å². The zero-order chi connectivity index (χ0) is 14.2. The first-order valence-corrected chi connectivity index (χ1v) is 7.24. The molecule has 1 atom stereocenters. The van der Waals surface area contributed by atoms with Crippen LogP contribution in [0.5, 0.6) is 0 Å². The normalized spacial score (nSPS) is 16.1. The summed E-state index contributed by atoms with van der Waals surface area (Å²) in [5, 5.41) is 3.58. The Balaban J connectivity index is 1.84. The van der Waals surface area contributed by atoms with Crippen LogP contribution in [-0.4, -0.2) is 40.1 Å². The Morgan fingerprint density at radius 1 is 1.20 bits per heavy atom. The van der Waals surface area contributed by atoms with Gasteiger partial charge in [-0.1, -0.05) is 12.1 Å². The van der Waals surface area contributed by atoms with E-state index in [-0.39, 0.29) is 0 Å². The highest BCUT2D eigenvalue weighted by Gasteiger charge is 2.31. The van der Waals surface area contributed by atoms with E-state index in [4.69, 9.17) is 14.2 Å². The van der Waals surface area contributed by atoms with Gasteiger partial charge in [-0.3, -0.25) is 0 Å². The molecular weight excluding hydrogens is 254 g/mol. The average Bonchev–Trinajstić information content (AvgIpc) is 3.28. The molecule has 0 aromatic heterocycles. The van der Waals surface area contributed by atoms with Crippen molar-refractivity contribution < 1.29 is 14.2 Å². The second-order valence-corrected chi connectivity index (χ2v) is 5.29. The summed E-state index contributed by atoms with van der Waals surface area (Å²) >= 11 is 0. The SMILES string of the molecule is COCCOCc1cccc(NC(COC)C2CC2)c1. The summed E-state index contributed by atoms with van der Waals surface area (Å²) in [7, 11) is 3.44. The van der Waals surface area contributed by atoms with Crippen LogP contribution in [0.3, 0.4) is 0 Å². The lowest BCUT2D eigenvalue weighted by Crippen LogP contribution is -2.27. The van der Waals surface area contributed by atoms with Crippen molar-refractivity contribution in [2.45, 2.75) is 25.5 Å². The molecule has 0 bridgehead atoms. The van der Waals surface area contributed by atoms with Crippen LogP contribution in [0.2, 0.25) is 0 Å². The highest BCUT2D eigenvalue weighted by atomic mass is 16.5. The van der Waals surface area contributed by atoms with Crippen molar-refractivity contribution >= 4 is 5.69 Å². The Labute approximate surface area is 121 Å². The summed E-state index contributed by atoms with van der Waals surface area (Å²) in [6, 6.07) is 8.82. The Morgan fingerprint density at radius 2 is 2.05 bits per heavy atom. The van der Waals surface area contributed by atoms with Crippen LogP contribution >= 0.6 is 0 Å². The van der Waals surface area contributed by atoms with E-state index in [1.165, 1.54) is 18.4 Å². The monoisotopic (exact) mass is 279 g/mol. The highest BCUT2D eigenvalue weighted by molar-refractivity contribution is 5.46. The Hall–Kier alpha value is -1.10. The maximum absolute atomic E-state index is 5.55. The van der Waals surface area contributed by atoms with Crippen LogP contribution in [0.25, 0.3) is 0 Å². The summed E-state index contributed by atoms with van der Waals surface area (Å²) in [6.07, 6.45) is 2.61. The third-order valence-corrected chi connectivity index (χ3v) is 3.52. The number of rotatable bonds is 10. The number of hydrogen-bond acceptors (Lipinski definition) is 4. The lowest BCUT2D eigenvalue weighted by atomic mass is 10.1. The minimum absolute atomic E-state index is 0.421. The van der Waals surface area contributed by atoms with Crippen LogP contribution in [0.1, 0.15) is 18.4 Å². The molecule has 20 heavy (non-hydrogen) atoms. The molecule has 0 saturated heterocycles. The molecule has 1 aromatic rings. The molecule has 1 aliphatic carbocycles. The molecule has 4 nitrogen and oxygen atoms in total. The molecule has 1 fully saturated rings. The lowest BCUT2D eigenvalue weighted by molar-refractivity contribution is 0.0617. The van der Waals surface area contributed by atoms with E-state index < -0.39 is 0 Å². The van der Waals surface area contributed by atoms with Crippen molar-refractivity contribution in [1.82, 2.24) is 0 Å². The zero-order valence-corrected chi connectivity index (χ0v) is 12.4. The van der Waals surface area contributed by atoms with E-state index in [9.17, 15) is 0 Å². The van der Waals surface area contributed by atoms with E-state index in [2.05, 4.69) is 29.6 Å². The first-order chi connectivity index (χ1) is 9.83. The highest BCUT2D eigenvalue weighted by Crippen LogP contribution is 2.34. The fraction of sp³-hybridized carbons (Fsp3) is 0.625.